The molecule has 0 unspecified atom stereocenters. The highest BCUT2D eigenvalue weighted by Gasteiger charge is 2.23. The zero-order chi connectivity index (χ0) is 21.1. The average molecular weight is 523 g/mol. The lowest BCUT2D eigenvalue weighted by Gasteiger charge is -2.17. The molecule has 30 heavy (non-hydrogen) atoms. The molecule has 0 bridgehead atoms. The molecule has 4 rings (SSSR count). The van der Waals surface area contributed by atoms with Crippen molar-refractivity contribution in [2.45, 2.75) is 43.3 Å². The summed E-state index contributed by atoms with van der Waals surface area (Å²) in [7, 11) is 1.66. The number of methoxy groups -OCH3 is 1. The van der Waals surface area contributed by atoms with Crippen LogP contribution in [-0.2, 0) is 9.16 Å². The number of oxazole rings is 1. The molecule has 1 aromatic carbocycles. The van der Waals surface area contributed by atoms with Crippen LogP contribution in [0.2, 0.25) is 0 Å². The maximum atomic E-state index is 6.13. The molecular formula is C22H26IN3O4. The molecule has 2 aromatic heterocycles. The van der Waals surface area contributed by atoms with E-state index in [0.29, 0.717) is 36.7 Å². The predicted octanol–water partition coefficient (Wildman–Crippen LogP) is 5.21. The van der Waals surface area contributed by atoms with Crippen molar-refractivity contribution >= 4 is 39.5 Å². The minimum Gasteiger partial charge on any atom is -0.491 e. The lowest BCUT2D eigenvalue weighted by molar-refractivity contribution is 0.146. The summed E-state index contributed by atoms with van der Waals surface area (Å²) in [5.41, 5.74) is 3.27. The fourth-order valence-corrected chi connectivity index (χ4v) is 3.88. The Morgan fingerprint density at radius 2 is 2.00 bits per heavy atom. The Morgan fingerprint density at radius 3 is 2.70 bits per heavy atom. The fourth-order valence-electron chi connectivity index (χ4n) is 3.14. The summed E-state index contributed by atoms with van der Waals surface area (Å²) < 4.78 is 23.5. The SMILES string of the molecule is COCCOc1ccc2c(OC(C)C)cc(-c3coc(NC4CC4)n3)nc2c1CI. The Balaban J connectivity index is 1.78. The third-order valence-corrected chi connectivity index (χ3v) is 5.48. The van der Waals surface area contributed by atoms with Crippen LogP contribution in [0.15, 0.2) is 28.9 Å². The normalized spacial score (nSPS) is 13.8. The van der Waals surface area contributed by atoms with E-state index in [-0.39, 0.29) is 6.10 Å². The van der Waals surface area contributed by atoms with Gasteiger partial charge in [0.05, 0.1) is 23.9 Å². The number of nitrogens with one attached hydrogen (secondary N) is 1. The molecule has 160 valence electrons. The lowest BCUT2D eigenvalue weighted by Crippen LogP contribution is -2.08. The summed E-state index contributed by atoms with van der Waals surface area (Å²) in [6, 6.07) is 6.92. The molecule has 7 nitrogen and oxygen atoms in total. The van der Waals surface area contributed by atoms with E-state index in [9.17, 15) is 0 Å². The van der Waals surface area contributed by atoms with Crippen LogP contribution in [0.3, 0.4) is 0 Å². The number of pyridine rings is 1. The minimum atomic E-state index is 0.0357. The van der Waals surface area contributed by atoms with E-state index >= 15 is 0 Å². The van der Waals surface area contributed by atoms with Crippen LogP contribution in [0.25, 0.3) is 22.3 Å². The van der Waals surface area contributed by atoms with Gasteiger partial charge in [0.2, 0.25) is 0 Å². The van der Waals surface area contributed by atoms with E-state index in [2.05, 4.69) is 32.9 Å². The van der Waals surface area contributed by atoms with Gasteiger partial charge in [0.15, 0.2) is 0 Å². The summed E-state index contributed by atoms with van der Waals surface area (Å²) in [4.78, 5) is 9.52. The highest BCUT2D eigenvalue weighted by Crippen LogP contribution is 2.37. The molecule has 0 amide bonds. The number of halogens is 1. The minimum absolute atomic E-state index is 0.0357. The van der Waals surface area contributed by atoms with Gasteiger partial charge in [-0.25, -0.2) is 4.98 Å². The molecule has 1 N–H and O–H groups in total. The number of hydrogen-bond acceptors (Lipinski definition) is 7. The van der Waals surface area contributed by atoms with E-state index in [0.717, 1.165) is 45.2 Å². The summed E-state index contributed by atoms with van der Waals surface area (Å²) >= 11 is 2.34. The first-order valence-corrected chi connectivity index (χ1v) is 11.6. The summed E-state index contributed by atoms with van der Waals surface area (Å²) in [6.07, 6.45) is 3.99. The molecule has 0 spiro atoms. The topological polar surface area (TPSA) is 78.6 Å². The number of hydrogen-bond donors (Lipinski definition) is 1. The van der Waals surface area contributed by atoms with Crippen LogP contribution in [0, 0.1) is 0 Å². The molecule has 1 aliphatic rings. The first kappa shape index (κ1) is 21.2. The molecular weight excluding hydrogens is 497 g/mol. The number of fused-ring (bicyclic) bond motifs is 1. The van der Waals surface area contributed by atoms with Gasteiger partial charge in [0, 0.05) is 34.6 Å². The Morgan fingerprint density at radius 1 is 1.17 bits per heavy atom. The second-order valence-corrected chi connectivity index (χ2v) is 8.30. The number of aromatic nitrogens is 2. The smallest absolute Gasteiger partial charge is 0.295 e. The van der Waals surface area contributed by atoms with Crippen LogP contribution in [-0.4, -0.2) is 42.4 Å². The van der Waals surface area contributed by atoms with Crippen molar-refractivity contribution in [2.75, 3.05) is 25.6 Å². The maximum absolute atomic E-state index is 6.13. The standard InChI is InChI=1S/C22H26IN3O4/c1-13(2)30-20-10-17(18-12-29-22(26-18)24-14-4-5-14)25-21-15(20)6-7-19(16(21)11-23)28-9-8-27-3/h6-7,10,12-14H,4-5,8-9,11H2,1-3H3,(H,24,26). The second kappa shape index (κ2) is 9.38. The number of anilines is 1. The third kappa shape index (κ3) is 4.80. The van der Waals surface area contributed by atoms with Crippen LogP contribution in [0.4, 0.5) is 6.01 Å². The highest BCUT2D eigenvalue weighted by molar-refractivity contribution is 14.1. The largest absolute Gasteiger partial charge is 0.491 e. The van der Waals surface area contributed by atoms with Crippen molar-refractivity contribution in [3.05, 3.63) is 30.0 Å². The lowest BCUT2D eigenvalue weighted by atomic mass is 10.1. The average Bonchev–Trinajstić information content (AvgIpc) is 3.41. The Labute approximate surface area is 189 Å². The molecule has 8 heteroatoms. The molecule has 3 aromatic rings. The molecule has 1 aliphatic carbocycles. The van der Waals surface area contributed by atoms with Crippen molar-refractivity contribution in [3.8, 4) is 22.9 Å². The van der Waals surface area contributed by atoms with Gasteiger partial charge in [-0.15, -0.1) is 0 Å². The van der Waals surface area contributed by atoms with E-state index in [1.165, 1.54) is 0 Å². The fraction of sp³-hybridized carbons (Fsp3) is 0.455. The molecule has 2 heterocycles. The number of ether oxygens (including phenoxy) is 3. The van der Waals surface area contributed by atoms with Crippen molar-refractivity contribution in [1.29, 1.82) is 0 Å². The molecule has 0 radical (unpaired) electrons. The van der Waals surface area contributed by atoms with Gasteiger partial charge < -0.3 is 23.9 Å². The van der Waals surface area contributed by atoms with E-state index in [1.54, 1.807) is 13.4 Å². The van der Waals surface area contributed by atoms with Gasteiger partial charge in [-0.2, -0.15) is 4.98 Å². The maximum Gasteiger partial charge on any atom is 0.295 e. The van der Waals surface area contributed by atoms with Gasteiger partial charge in [-0.3, -0.25) is 0 Å². The molecule has 1 saturated carbocycles. The van der Waals surface area contributed by atoms with E-state index < -0.39 is 0 Å². The third-order valence-electron chi connectivity index (χ3n) is 4.72. The van der Waals surface area contributed by atoms with Gasteiger partial charge >= 0.3 is 0 Å². The first-order chi connectivity index (χ1) is 14.6. The summed E-state index contributed by atoms with van der Waals surface area (Å²) in [5, 5.41) is 4.24. The molecule has 0 atom stereocenters. The molecule has 0 saturated heterocycles. The van der Waals surface area contributed by atoms with Gasteiger partial charge in [0.1, 0.15) is 30.1 Å². The number of alkyl halides is 1. The van der Waals surface area contributed by atoms with Crippen LogP contribution >= 0.6 is 22.6 Å². The quantitative estimate of drug-likeness (QED) is 0.222. The number of benzene rings is 1. The van der Waals surface area contributed by atoms with Crippen molar-refractivity contribution in [2.24, 2.45) is 0 Å². The van der Waals surface area contributed by atoms with Gasteiger partial charge in [-0.05, 0) is 38.8 Å². The number of nitrogens with zero attached hydrogens (tertiary/aromatic N) is 2. The van der Waals surface area contributed by atoms with E-state index in [1.807, 2.05) is 32.0 Å². The van der Waals surface area contributed by atoms with Gasteiger partial charge in [-0.1, -0.05) is 22.6 Å². The van der Waals surface area contributed by atoms with E-state index in [4.69, 9.17) is 23.6 Å². The van der Waals surface area contributed by atoms with Crippen LogP contribution in [0.1, 0.15) is 32.3 Å². The molecule has 1 fully saturated rings. The van der Waals surface area contributed by atoms with Crippen LogP contribution < -0.4 is 14.8 Å². The summed E-state index contributed by atoms with van der Waals surface area (Å²) in [6.45, 7) is 5.05. The van der Waals surface area contributed by atoms with Crippen molar-refractivity contribution in [1.82, 2.24) is 9.97 Å². The highest BCUT2D eigenvalue weighted by atomic mass is 127. The monoisotopic (exact) mass is 523 g/mol. The Kier molecular flexibility index (Phi) is 6.62. The Bertz CT molecular complexity index is 1020. The van der Waals surface area contributed by atoms with Crippen molar-refractivity contribution < 1.29 is 18.6 Å². The van der Waals surface area contributed by atoms with Crippen LogP contribution in [0.5, 0.6) is 11.5 Å². The van der Waals surface area contributed by atoms with Gasteiger partial charge in [0.25, 0.3) is 6.01 Å². The molecule has 0 aliphatic heterocycles. The zero-order valence-electron chi connectivity index (χ0n) is 17.4. The van der Waals surface area contributed by atoms with Crippen molar-refractivity contribution in [3.63, 3.8) is 0 Å². The summed E-state index contributed by atoms with van der Waals surface area (Å²) in [5.74, 6) is 1.59. The predicted molar refractivity (Wildman–Crippen MR) is 125 cm³/mol. The second-order valence-electron chi connectivity index (χ2n) is 7.54. The number of rotatable bonds is 10. The Hall–Kier alpha value is -2.07. The zero-order valence-corrected chi connectivity index (χ0v) is 19.6. The first-order valence-electron chi connectivity index (χ1n) is 10.1.